The molecule has 150 heavy (non-hydrogen) atoms. The Labute approximate surface area is 918 Å². The van der Waals surface area contributed by atoms with E-state index in [9.17, 15) is 28.8 Å². The zero-order valence-corrected chi connectivity index (χ0v) is 97.5. The van der Waals surface area contributed by atoms with E-state index >= 15 is 0 Å². The van der Waals surface area contributed by atoms with Gasteiger partial charge in [-0.3, -0.25) is 28.8 Å². The van der Waals surface area contributed by atoms with E-state index in [2.05, 4.69) is 114 Å². The van der Waals surface area contributed by atoms with Crippen LogP contribution in [0.15, 0.2) is 72.9 Å². The second-order valence-corrected chi connectivity index (χ2v) is 41.1. The smallest absolute Gasteiger partial charge is 0.305 e. The quantitative estimate of drug-likeness (QED) is 0.0116. The fourth-order valence-corrected chi connectivity index (χ4v) is 15.9. The normalized spacial score (nSPS) is 12.6. The number of unbranched alkanes of at least 4 members (excludes halogenated alkanes) is 66. The minimum absolute atomic E-state index is 0.111. The number of carbonyl (C=O) groups is 6. The molecule has 0 aliphatic heterocycles. The predicted octanol–water partition coefficient (Wildman–Crippen LogP) is 29.5. The van der Waals surface area contributed by atoms with Crippen molar-refractivity contribution in [3.05, 3.63) is 72.9 Å². The second kappa shape index (κ2) is 140. The summed E-state index contributed by atoms with van der Waals surface area (Å²) < 4.78 is 29.1. The number of carbonyl (C=O) groups excluding carboxylic acids is 6. The summed E-state index contributed by atoms with van der Waals surface area (Å²) in [6, 6.07) is 0. The van der Waals surface area contributed by atoms with E-state index in [-0.39, 0.29) is 115 Å². The second-order valence-electron chi connectivity index (χ2n) is 41.1. The SMILES string of the molecule is CCCCCCCCC=CCCCCCCCC(=O)OCC(O)CO.CCCCCCCCC=CCCCCCCCC(=O)OCC(O)CO.CCCCCCCCC=CCCCCCCCC(=O)OCC(O)CO.CCCCCCCCC=CCCCCCCCC(=O)OCC(O)CO.CCCCCCCCC=CCCCCCCCC(=O)OCC(O)CO.CCCCCCCCC=CCCCCCCCC(=O)OCC(O)CO. The minimum atomic E-state index is -0.960. The Morgan fingerprint density at radius 1 is 0.147 bits per heavy atom. The lowest BCUT2D eigenvalue weighted by atomic mass is 10.1. The molecular formula is C126H240O24. The monoisotopic (exact) mass is 2140 g/mol. The molecule has 0 spiro atoms. The average Bonchev–Trinajstić information content (AvgIpc) is 1.04. The summed E-state index contributed by atoms with van der Waals surface area (Å²) in [6.45, 7) is 10.6. The lowest BCUT2D eigenvalue weighted by Crippen LogP contribution is -2.21. The van der Waals surface area contributed by atoms with Gasteiger partial charge in [-0.25, -0.2) is 0 Å². The molecule has 0 saturated heterocycles. The molecule has 0 saturated carbocycles. The zero-order chi connectivity index (χ0) is 112. The van der Waals surface area contributed by atoms with Crippen LogP contribution in [-0.2, 0) is 57.2 Å². The van der Waals surface area contributed by atoms with E-state index in [1.54, 1.807) is 0 Å². The van der Waals surface area contributed by atoms with Gasteiger partial charge in [0.25, 0.3) is 0 Å². The van der Waals surface area contributed by atoms with Crippen LogP contribution >= 0.6 is 0 Å². The summed E-state index contributed by atoms with van der Waals surface area (Å²) in [7, 11) is 0. The van der Waals surface area contributed by atoms with Crippen LogP contribution in [0.4, 0.5) is 0 Å². The lowest BCUT2D eigenvalue weighted by molar-refractivity contribution is -0.148. The molecule has 24 heteroatoms. The molecule has 0 amide bonds. The summed E-state index contributed by atoms with van der Waals surface area (Å²) in [5, 5.41) is 106. The van der Waals surface area contributed by atoms with Gasteiger partial charge in [0, 0.05) is 38.5 Å². The Bertz CT molecular complexity index is 2370. The zero-order valence-electron chi connectivity index (χ0n) is 97.5. The Morgan fingerprint density at radius 3 is 0.327 bits per heavy atom. The van der Waals surface area contributed by atoms with Crippen LogP contribution in [0.1, 0.15) is 581 Å². The molecule has 0 rings (SSSR count). The van der Waals surface area contributed by atoms with Crippen LogP contribution in [0, 0.1) is 0 Å². The van der Waals surface area contributed by atoms with E-state index in [0.717, 1.165) is 154 Å². The molecule has 6 atom stereocenters. The highest BCUT2D eigenvalue weighted by atomic mass is 16.6. The first-order valence-corrected chi connectivity index (χ1v) is 61.8. The van der Waals surface area contributed by atoms with Crippen LogP contribution in [-0.4, -0.2) is 213 Å². The standard InChI is InChI=1S/6C21H40O4/c6*1-2-3-4-5-6-7-8-9-10-11-12-13-14-15-16-17-21(24)25-19-20(23)18-22/h6*9-10,20,22-23H,2-8,11-19H2,1H3. The summed E-state index contributed by atoms with van der Waals surface area (Å²) in [4.78, 5) is 68.2. The van der Waals surface area contributed by atoms with Crippen LogP contribution in [0.25, 0.3) is 0 Å². The molecule has 0 aliphatic rings. The van der Waals surface area contributed by atoms with Crippen molar-refractivity contribution in [2.24, 2.45) is 0 Å². The first-order chi connectivity index (χ1) is 73.2. The maximum atomic E-state index is 11.4. The molecule has 0 aliphatic carbocycles. The summed E-state index contributed by atoms with van der Waals surface area (Å²) in [5.74, 6) is -1.72. The Morgan fingerprint density at radius 2 is 0.233 bits per heavy atom. The van der Waals surface area contributed by atoms with E-state index < -0.39 is 36.6 Å². The van der Waals surface area contributed by atoms with Crippen molar-refractivity contribution in [3.8, 4) is 0 Å². The van der Waals surface area contributed by atoms with Gasteiger partial charge in [0.2, 0.25) is 0 Å². The van der Waals surface area contributed by atoms with Crippen LogP contribution < -0.4 is 0 Å². The van der Waals surface area contributed by atoms with Crippen LogP contribution in [0.5, 0.6) is 0 Å². The van der Waals surface area contributed by atoms with Crippen molar-refractivity contribution < 1.29 is 118 Å². The molecule has 0 aromatic carbocycles. The van der Waals surface area contributed by atoms with E-state index in [4.69, 9.17) is 89.7 Å². The van der Waals surface area contributed by atoms with Crippen molar-refractivity contribution >= 4 is 35.8 Å². The van der Waals surface area contributed by atoms with Gasteiger partial charge >= 0.3 is 35.8 Å². The van der Waals surface area contributed by atoms with Crippen molar-refractivity contribution in [2.75, 3.05) is 79.3 Å². The number of hydrogen-bond acceptors (Lipinski definition) is 24. The molecule has 0 fully saturated rings. The Balaban J connectivity index is -0.000000415. The van der Waals surface area contributed by atoms with Crippen molar-refractivity contribution in [2.45, 2.75) is 618 Å². The van der Waals surface area contributed by atoms with Gasteiger partial charge in [-0.15, -0.1) is 0 Å². The van der Waals surface area contributed by atoms with E-state index in [1.165, 1.54) is 347 Å². The molecule has 0 radical (unpaired) electrons. The molecule has 0 aromatic heterocycles. The third kappa shape index (κ3) is 149. The highest BCUT2D eigenvalue weighted by molar-refractivity contribution is 5.71. The number of rotatable bonds is 108. The van der Waals surface area contributed by atoms with Gasteiger partial charge in [0.1, 0.15) is 76.3 Å². The van der Waals surface area contributed by atoms with Crippen molar-refractivity contribution in [3.63, 3.8) is 0 Å². The predicted molar refractivity (Wildman–Crippen MR) is 621 cm³/mol. The van der Waals surface area contributed by atoms with Gasteiger partial charge in [-0.1, -0.05) is 423 Å². The van der Waals surface area contributed by atoms with Crippen molar-refractivity contribution in [1.29, 1.82) is 0 Å². The lowest BCUT2D eigenvalue weighted by Gasteiger charge is -2.08. The van der Waals surface area contributed by atoms with Gasteiger partial charge < -0.3 is 89.7 Å². The Hall–Kier alpha value is -5.22. The van der Waals surface area contributed by atoms with Gasteiger partial charge in [-0.05, 0) is 193 Å². The molecule has 888 valence electrons. The fraction of sp³-hybridized carbons (Fsp3) is 0.857. The third-order valence-corrected chi connectivity index (χ3v) is 25.7. The van der Waals surface area contributed by atoms with Crippen molar-refractivity contribution in [1.82, 2.24) is 0 Å². The molecule has 12 N–H and O–H groups in total. The molecule has 0 aromatic rings. The summed E-state index contributed by atoms with van der Waals surface area (Å²) in [5.41, 5.74) is 0. The summed E-state index contributed by atoms with van der Waals surface area (Å²) >= 11 is 0. The van der Waals surface area contributed by atoms with Crippen LogP contribution in [0.2, 0.25) is 0 Å². The number of aliphatic hydroxyl groups excluding tert-OH is 12. The number of aliphatic hydroxyl groups is 12. The summed E-state index contributed by atoms with van der Waals surface area (Å²) in [6.07, 6.45) is 121. The number of hydrogen-bond donors (Lipinski definition) is 12. The topological polar surface area (TPSA) is 401 Å². The first kappa shape index (κ1) is 155. The maximum absolute atomic E-state index is 11.4. The molecular weight excluding hydrogens is 1900 g/mol. The molecule has 0 heterocycles. The Kier molecular flexibility index (Phi) is 145. The number of ether oxygens (including phenoxy) is 6. The number of esters is 6. The minimum Gasteiger partial charge on any atom is -0.463 e. The van der Waals surface area contributed by atoms with E-state index in [1.807, 2.05) is 0 Å². The highest BCUT2D eigenvalue weighted by Gasteiger charge is 2.15. The maximum Gasteiger partial charge on any atom is 0.305 e. The van der Waals surface area contributed by atoms with Crippen LogP contribution in [0.3, 0.4) is 0 Å². The highest BCUT2D eigenvalue weighted by Crippen LogP contribution is 2.20. The largest absolute Gasteiger partial charge is 0.463 e. The molecule has 6 unspecified atom stereocenters. The van der Waals surface area contributed by atoms with Gasteiger partial charge in [0.15, 0.2) is 0 Å². The third-order valence-electron chi connectivity index (χ3n) is 25.7. The average molecular weight is 2140 g/mol. The van der Waals surface area contributed by atoms with Gasteiger partial charge in [-0.2, -0.15) is 0 Å². The fourth-order valence-electron chi connectivity index (χ4n) is 15.9. The molecule has 0 bridgehead atoms. The van der Waals surface area contributed by atoms with Gasteiger partial charge in [0.05, 0.1) is 39.6 Å². The van der Waals surface area contributed by atoms with E-state index in [0.29, 0.717) is 38.5 Å². The first-order valence-electron chi connectivity index (χ1n) is 61.8. The molecule has 24 nitrogen and oxygen atoms in total. The number of allylic oxidation sites excluding steroid dienone is 12.